The number of aliphatic carboxylic acids is 1. The molecule has 5 atom stereocenters. The number of hydrogen-bond acceptors (Lipinski definition) is 9. The molecule has 0 bridgehead atoms. The average molecular weight is 457 g/mol. The second-order valence-corrected chi connectivity index (χ2v) is 6.93. The number of primary amides is 1. The Morgan fingerprint density at radius 1 is 1.09 bits per heavy atom. The van der Waals surface area contributed by atoms with Crippen LogP contribution >= 0.6 is 0 Å². The Morgan fingerprint density at radius 2 is 1.72 bits per heavy atom. The highest BCUT2D eigenvalue weighted by molar-refractivity contribution is 5.95. The van der Waals surface area contributed by atoms with E-state index < -0.39 is 72.9 Å². The average Bonchev–Trinajstić information content (AvgIpc) is 3.21. The molecule has 0 spiro atoms. The Balaban J connectivity index is 2.79. The number of imidazole rings is 1. The number of nitrogens with zero attached hydrogens (tertiary/aromatic N) is 1. The van der Waals surface area contributed by atoms with Crippen molar-refractivity contribution in [3.63, 3.8) is 0 Å². The number of amides is 4. The number of aliphatic hydroxyl groups excluding tert-OH is 2. The van der Waals surface area contributed by atoms with Gasteiger partial charge in [0, 0.05) is 18.3 Å². The van der Waals surface area contributed by atoms with Gasteiger partial charge in [0.25, 0.3) is 0 Å². The molecule has 0 radical (unpaired) electrons. The Morgan fingerprint density at radius 3 is 2.19 bits per heavy atom. The maximum absolute atomic E-state index is 12.5. The molecular formula is C17H27N7O8. The zero-order valence-electron chi connectivity index (χ0n) is 17.1. The second-order valence-electron chi connectivity index (χ2n) is 6.93. The number of aromatic amines is 1. The molecule has 0 aliphatic heterocycles. The Bertz CT molecular complexity index is 814. The number of H-pyrrole nitrogens is 1. The quantitative estimate of drug-likeness (QED) is 0.136. The minimum Gasteiger partial charge on any atom is -0.480 e. The van der Waals surface area contributed by atoms with Gasteiger partial charge in [0.15, 0.2) is 0 Å². The number of aliphatic hydroxyl groups is 2. The number of carbonyl (C=O) groups excluding carboxylic acids is 4. The highest BCUT2D eigenvalue weighted by Gasteiger charge is 2.32. The van der Waals surface area contributed by atoms with Crippen LogP contribution in [0.1, 0.15) is 19.0 Å². The van der Waals surface area contributed by atoms with Gasteiger partial charge in [0.05, 0.1) is 31.5 Å². The molecule has 15 nitrogen and oxygen atoms in total. The minimum absolute atomic E-state index is 0.0676. The van der Waals surface area contributed by atoms with Gasteiger partial charge in [0.1, 0.15) is 18.1 Å². The van der Waals surface area contributed by atoms with Crippen LogP contribution in [0.4, 0.5) is 0 Å². The maximum Gasteiger partial charge on any atom is 0.326 e. The number of aromatic nitrogens is 2. The highest BCUT2D eigenvalue weighted by Crippen LogP contribution is 2.01. The molecule has 15 heteroatoms. The van der Waals surface area contributed by atoms with Gasteiger partial charge in [-0.05, 0) is 6.92 Å². The maximum atomic E-state index is 12.5. The lowest BCUT2D eigenvalue weighted by molar-refractivity contribution is -0.144. The zero-order chi connectivity index (χ0) is 24.4. The van der Waals surface area contributed by atoms with Gasteiger partial charge >= 0.3 is 5.97 Å². The molecule has 0 aliphatic rings. The first-order valence-electron chi connectivity index (χ1n) is 9.40. The number of nitrogens with two attached hydrogens (primary N) is 2. The number of nitrogens with one attached hydrogen (secondary N) is 4. The molecule has 178 valence electrons. The van der Waals surface area contributed by atoms with Crippen molar-refractivity contribution in [2.75, 3.05) is 6.61 Å². The minimum atomic E-state index is -1.68. The summed E-state index contributed by atoms with van der Waals surface area (Å²) >= 11 is 0. The number of rotatable bonds is 13. The SMILES string of the molecule is CC(O)C(NC(=O)C(N)Cc1cnc[nH]1)C(=O)NC(CO)C(=O)NC(CC(N)=O)C(=O)O. The van der Waals surface area contributed by atoms with Gasteiger partial charge in [0.2, 0.25) is 23.6 Å². The van der Waals surface area contributed by atoms with E-state index in [4.69, 9.17) is 16.6 Å². The Hall–Kier alpha value is -3.56. The van der Waals surface area contributed by atoms with Gasteiger partial charge in [-0.2, -0.15) is 0 Å². The first-order valence-corrected chi connectivity index (χ1v) is 9.40. The Kier molecular flexibility index (Phi) is 10.2. The first-order chi connectivity index (χ1) is 15.0. The van der Waals surface area contributed by atoms with E-state index in [1.54, 1.807) is 0 Å². The fourth-order valence-corrected chi connectivity index (χ4v) is 2.52. The Labute approximate surface area is 181 Å². The van der Waals surface area contributed by atoms with Crippen molar-refractivity contribution in [3.8, 4) is 0 Å². The predicted octanol–water partition coefficient (Wildman–Crippen LogP) is -4.93. The van der Waals surface area contributed by atoms with E-state index in [1.807, 2.05) is 5.32 Å². The lowest BCUT2D eigenvalue weighted by Gasteiger charge is -2.25. The fraction of sp³-hybridized carbons (Fsp3) is 0.529. The molecule has 4 amide bonds. The summed E-state index contributed by atoms with van der Waals surface area (Å²) in [5.74, 6) is -5.50. The second kappa shape index (κ2) is 12.3. The van der Waals surface area contributed by atoms with E-state index in [-0.39, 0.29) is 6.42 Å². The molecule has 5 unspecified atom stereocenters. The zero-order valence-corrected chi connectivity index (χ0v) is 17.1. The van der Waals surface area contributed by atoms with Gasteiger partial charge in [-0.25, -0.2) is 9.78 Å². The summed E-state index contributed by atoms with van der Waals surface area (Å²) in [7, 11) is 0. The summed E-state index contributed by atoms with van der Waals surface area (Å²) in [5, 5.41) is 34.7. The van der Waals surface area contributed by atoms with Crippen LogP contribution in [0.25, 0.3) is 0 Å². The summed E-state index contributed by atoms with van der Waals surface area (Å²) in [6.45, 7) is 0.257. The summed E-state index contributed by atoms with van der Waals surface area (Å²) in [4.78, 5) is 65.7. The van der Waals surface area contributed by atoms with Crippen LogP contribution in [-0.2, 0) is 30.4 Å². The number of carbonyl (C=O) groups is 5. The van der Waals surface area contributed by atoms with Crippen molar-refractivity contribution < 1.29 is 39.3 Å². The lowest BCUT2D eigenvalue weighted by Crippen LogP contribution is -2.60. The van der Waals surface area contributed by atoms with E-state index >= 15 is 0 Å². The summed E-state index contributed by atoms with van der Waals surface area (Å²) in [6, 6.07) is -5.96. The third-order valence-electron chi connectivity index (χ3n) is 4.23. The van der Waals surface area contributed by atoms with E-state index in [1.165, 1.54) is 19.4 Å². The van der Waals surface area contributed by atoms with Gasteiger partial charge in [-0.3, -0.25) is 19.2 Å². The molecule has 1 aromatic rings. The molecule has 0 fully saturated rings. The molecule has 32 heavy (non-hydrogen) atoms. The van der Waals surface area contributed by atoms with E-state index in [9.17, 15) is 34.2 Å². The standard InChI is InChI=1S/C17H27N7O8/c1-7(26)13(24-14(28)9(18)2-8-4-20-6-21-8)16(30)23-11(5-25)15(29)22-10(17(31)32)3-12(19)27/h4,6-7,9-11,13,25-26H,2-3,5,18H2,1H3,(H2,19,27)(H,20,21)(H,22,29)(H,23,30)(H,24,28)(H,31,32). The molecular weight excluding hydrogens is 430 g/mol. The molecule has 0 saturated heterocycles. The fourth-order valence-electron chi connectivity index (χ4n) is 2.52. The van der Waals surface area contributed by atoms with E-state index in [0.717, 1.165) is 0 Å². The molecule has 0 saturated carbocycles. The van der Waals surface area contributed by atoms with Crippen LogP contribution < -0.4 is 27.4 Å². The molecule has 0 aliphatic carbocycles. The molecule has 1 heterocycles. The number of carboxylic acid groups (broad SMARTS) is 1. The van der Waals surface area contributed by atoms with E-state index in [0.29, 0.717) is 5.69 Å². The van der Waals surface area contributed by atoms with Gasteiger partial charge in [-0.15, -0.1) is 0 Å². The van der Waals surface area contributed by atoms with Crippen LogP contribution in [0.5, 0.6) is 0 Å². The summed E-state index contributed by atoms with van der Waals surface area (Å²) < 4.78 is 0. The van der Waals surface area contributed by atoms with Crippen molar-refractivity contribution in [1.29, 1.82) is 0 Å². The number of hydrogen-bond donors (Lipinski definition) is 9. The highest BCUT2D eigenvalue weighted by atomic mass is 16.4. The van der Waals surface area contributed by atoms with Crippen molar-refractivity contribution in [3.05, 3.63) is 18.2 Å². The largest absolute Gasteiger partial charge is 0.480 e. The van der Waals surface area contributed by atoms with Crippen molar-refractivity contribution >= 4 is 29.6 Å². The van der Waals surface area contributed by atoms with Crippen molar-refractivity contribution in [2.24, 2.45) is 11.5 Å². The summed E-state index contributed by atoms with van der Waals surface area (Å²) in [5.41, 5.74) is 11.3. The molecule has 0 aromatic carbocycles. The topological polar surface area (TPSA) is 263 Å². The van der Waals surface area contributed by atoms with Crippen LogP contribution in [0.15, 0.2) is 12.5 Å². The van der Waals surface area contributed by atoms with Crippen LogP contribution in [0.2, 0.25) is 0 Å². The smallest absolute Gasteiger partial charge is 0.326 e. The third-order valence-corrected chi connectivity index (χ3v) is 4.23. The monoisotopic (exact) mass is 457 g/mol. The van der Waals surface area contributed by atoms with Crippen LogP contribution in [0, 0.1) is 0 Å². The predicted molar refractivity (Wildman–Crippen MR) is 106 cm³/mol. The molecule has 1 aromatic heterocycles. The van der Waals surface area contributed by atoms with Gasteiger partial charge < -0.3 is 47.7 Å². The van der Waals surface area contributed by atoms with Crippen molar-refractivity contribution in [1.82, 2.24) is 25.9 Å². The number of carboxylic acids is 1. The van der Waals surface area contributed by atoms with Crippen LogP contribution in [0.3, 0.4) is 0 Å². The summed E-state index contributed by atoms with van der Waals surface area (Å²) in [6.07, 6.45) is 0.789. The van der Waals surface area contributed by atoms with Crippen LogP contribution in [-0.4, -0.2) is 91.8 Å². The van der Waals surface area contributed by atoms with E-state index in [2.05, 4.69) is 20.6 Å². The first kappa shape index (κ1) is 26.5. The van der Waals surface area contributed by atoms with Crippen molar-refractivity contribution in [2.45, 2.75) is 50.0 Å². The third kappa shape index (κ3) is 8.29. The molecule has 11 N–H and O–H groups in total. The normalized spacial score (nSPS) is 15.5. The van der Waals surface area contributed by atoms with Gasteiger partial charge in [-0.1, -0.05) is 0 Å². The molecule has 1 rings (SSSR count). The lowest BCUT2D eigenvalue weighted by atomic mass is 10.1.